The van der Waals surface area contributed by atoms with E-state index in [1.54, 1.807) is 0 Å². The molecular formula is C12H24N2O. The van der Waals surface area contributed by atoms with Gasteiger partial charge in [-0.2, -0.15) is 0 Å². The minimum Gasteiger partial charge on any atom is -0.381 e. The second-order valence-corrected chi connectivity index (χ2v) is 5.03. The van der Waals surface area contributed by atoms with Crippen molar-refractivity contribution in [3.63, 3.8) is 0 Å². The second kappa shape index (κ2) is 5.28. The fraction of sp³-hybridized carbons (Fsp3) is 1.00. The fourth-order valence-corrected chi connectivity index (χ4v) is 3.35. The largest absolute Gasteiger partial charge is 0.381 e. The maximum atomic E-state index is 5.71. The zero-order valence-electron chi connectivity index (χ0n) is 9.82. The lowest BCUT2D eigenvalue weighted by molar-refractivity contribution is 0.0634. The second-order valence-electron chi connectivity index (χ2n) is 5.03. The number of piperidine rings is 1. The summed E-state index contributed by atoms with van der Waals surface area (Å²) in [5, 5.41) is 0. The highest BCUT2D eigenvalue weighted by molar-refractivity contribution is 4.89. The van der Waals surface area contributed by atoms with Crippen molar-refractivity contribution in [3.8, 4) is 0 Å². The molecule has 3 unspecified atom stereocenters. The Labute approximate surface area is 93.0 Å². The first-order valence-corrected chi connectivity index (χ1v) is 6.31. The molecule has 3 nitrogen and oxygen atoms in total. The zero-order chi connectivity index (χ0) is 10.7. The first-order chi connectivity index (χ1) is 7.33. The third-order valence-electron chi connectivity index (χ3n) is 4.21. The van der Waals surface area contributed by atoms with Crippen LogP contribution in [0.25, 0.3) is 0 Å². The van der Waals surface area contributed by atoms with Crippen molar-refractivity contribution in [2.45, 2.75) is 31.7 Å². The van der Waals surface area contributed by atoms with E-state index in [4.69, 9.17) is 10.5 Å². The van der Waals surface area contributed by atoms with Crippen LogP contribution >= 0.6 is 0 Å². The van der Waals surface area contributed by atoms with E-state index in [2.05, 4.69) is 11.9 Å². The topological polar surface area (TPSA) is 38.5 Å². The number of rotatable bonds is 2. The molecule has 0 bridgehead atoms. The number of ether oxygens (including phenoxy) is 1. The van der Waals surface area contributed by atoms with Crippen molar-refractivity contribution < 1.29 is 4.74 Å². The summed E-state index contributed by atoms with van der Waals surface area (Å²) in [4.78, 5) is 2.53. The normalized spacial score (nSPS) is 38.4. The monoisotopic (exact) mass is 212 g/mol. The predicted molar refractivity (Wildman–Crippen MR) is 61.7 cm³/mol. The van der Waals surface area contributed by atoms with Gasteiger partial charge in [-0.1, -0.05) is 0 Å². The van der Waals surface area contributed by atoms with Crippen LogP contribution < -0.4 is 5.73 Å². The van der Waals surface area contributed by atoms with Crippen LogP contribution in [-0.4, -0.2) is 44.3 Å². The lowest BCUT2D eigenvalue weighted by Crippen LogP contribution is -2.47. The van der Waals surface area contributed by atoms with E-state index in [9.17, 15) is 0 Å². The van der Waals surface area contributed by atoms with Crippen LogP contribution in [0, 0.1) is 11.8 Å². The Hall–Kier alpha value is -0.120. The van der Waals surface area contributed by atoms with Crippen molar-refractivity contribution in [1.29, 1.82) is 0 Å². The molecule has 2 fully saturated rings. The van der Waals surface area contributed by atoms with E-state index >= 15 is 0 Å². The summed E-state index contributed by atoms with van der Waals surface area (Å²) < 4.78 is 5.60. The number of hydrogen-bond acceptors (Lipinski definition) is 3. The smallest absolute Gasteiger partial charge is 0.0481 e. The summed E-state index contributed by atoms with van der Waals surface area (Å²) in [7, 11) is 2.27. The highest BCUT2D eigenvalue weighted by Gasteiger charge is 2.36. The summed E-state index contributed by atoms with van der Waals surface area (Å²) in [6.45, 7) is 3.99. The molecule has 2 aliphatic heterocycles. The average molecular weight is 212 g/mol. The van der Waals surface area contributed by atoms with Crippen molar-refractivity contribution in [2.24, 2.45) is 17.6 Å². The first kappa shape index (κ1) is 11.4. The third kappa shape index (κ3) is 2.52. The average Bonchev–Trinajstić information content (AvgIpc) is 2.48. The molecule has 2 heterocycles. The van der Waals surface area contributed by atoms with Crippen LogP contribution in [0.1, 0.15) is 25.7 Å². The van der Waals surface area contributed by atoms with Crippen LogP contribution in [-0.2, 0) is 4.74 Å². The molecular weight excluding hydrogens is 188 g/mol. The van der Waals surface area contributed by atoms with Crippen LogP contribution in [0.5, 0.6) is 0 Å². The molecule has 0 radical (unpaired) electrons. The first-order valence-electron chi connectivity index (χ1n) is 6.31. The number of hydrogen-bond donors (Lipinski definition) is 1. The molecule has 3 atom stereocenters. The Morgan fingerprint density at radius 1 is 1.27 bits per heavy atom. The molecule has 0 aromatic carbocycles. The Bertz CT molecular complexity index is 198. The van der Waals surface area contributed by atoms with Gasteiger partial charge in [0.05, 0.1) is 0 Å². The molecule has 88 valence electrons. The summed E-state index contributed by atoms with van der Waals surface area (Å²) in [6, 6.07) is 0.748. The summed E-state index contributed by atoms with van der Waals surface area (Å²) in [6.07, 6.45) is 4.98. The molecule has 3 heteroatoms. The molecule has 2 N–H and O–H groups in total. The number of nitrogens with zero attached hydrogens (tertiary/aromatic N) is 1. The SMILES string of the molecule is CN1CCC(CCN)C2CCOCCC21. The Kier molecular flexibility index (Phi) is 4.00. The van der Waals surface area contributed by atoms with Gasteiger partial charge in [0.25, 0.3) is 0 Å². The van der Waals surface area contributed by atoms with E-state index in [0.717, 1.165) is 37.6 Å². The van der Waals surface area contributed by atoms with Crippen molar-refractivity contribution in [3.05, 3.63) is 0 Å². The minimum absolute atomic E-state index is 0.748. The molecule has 15 heavy (non-hydrogen) atoms. The molecule has 0 aliphatic carbocycles. The standard InChI is InChI=1S/C12H24N2O/c1-14-7-3-10(2-6-13)11-4-8-15-9-5-12(11)14/h10-12H,2-9,13H2,1H3. The molecule has 0 saturated carbocycles. The van der Waals surface area contributed by atoms with Crippen molar-refractivity contribution >= 4 is 0 Å². The van der Waals surface area contributed by atoms with Crippen molar-refractivity contribution in [2.75, 3.05) is 33.4 Å². The third-order valence-corrected chi connectivity index (χ3v) is 4.21. The summed E-state index contributed by atoms with van der Waals surface area (Å²) in [5.74, 6) is 1.67. The van der Waals surface area contributed by atoms with E-state index in [1.165, 1.54) is 32.2 Å². The van der Waals surface area contributed by atoms with E-state index in [0.29, 0.717) is 0 Å². The van der Waals surface area contributed by atoms with Gasteiger partial charge in [0, 0.05) is 19.3 Å². The molecule has 2 saturated heterocycles. The van der Waals surface area contributed by atoms with E-state index in [-0.39, 0.29) is 0 Å². The molecule has 0 amide bonds. The molecule has 2 aliphatic rings. The van der Waals surface area contributed by atoms with Crippen LogP contribution in [0.3, 0.4) is 0 Å². The minimum atomic E-state index is 0.748. The van der Waals surface area contributed by atoms with Gasteiger partial charge >= 0.3 is 0 Å². The van der Waals surface area contributed by atoms with Gasteiger partial charge in [-0.25, -0.2) is 0 Å². The van der Waals surface area contributed by atoms with Crippen LogP contribution in [0.2, 0.25) is 0 Å². The highest BCUT2D eigenvalue weighted by atomic mass is 16.5. The van der Waals surface area contributed by atoms with Gasteiger partial charge in [-0.15, -0.1) is 0 Å². The highest BCUT2D eigenvalue weighted by Crippen LogP contribution is 2.35. The van der Waals surface area contributed by atoms with Crippen LogP contribution in [0.15, 0.2) is 0 Å². The summed E-state index contributed by atoms with van der Waals surface area (Å²) in [5.41, 5.74) is 5.71. The molecule has 0 spiro atoms. The lowest BCUT2D eigenvalue weighted by Gasteiger charge is -2.43. The number of fused-ring (bicyclic) bond motifs is 1. The number of likely N-dealkylation sites (tertiary alicyclic amines) is 1. The molecule has 2 rings (SSSR count). The van der Waals surface area contributed by atoms with Crippen molar-refractivity contribution in [1.82, 2.24) is 4.90 Å². The maximum absolute atomic E-state index is 5.71. The Morgan fingerprint density at radius 3 is 2.87 bits per heavy atom. The van der Waals surface area contributed by atoms with E-state index in [1.807, 2.05) is 0 Å². The lowest BCUT2D eigenvalue weighted by atomic mass is 9.75. The quantitative estimate of drug-likeness (QED) is 0.744. The van der Waals surface area contributed by atoms with Gasteiger partial charge in [0.1, 0.15) is 0 Å². The van der Waals surface area contributed by atoms with Gasteiger partial charge in [-0.3, -0.25) is 0 Å². The maximum Gasteiger partial charge on any atom is 0.0481 e. The van der Waals surface area contributed by atoms with Gasteiger partial charge in [0.2, 0.25) is 0 Å². The van der Waals surface area contributed by atoms with Gasteiger partial charge < -0.3 is 15.4 Å². The Morgan fingerprint density at radius 2 is 2.07 bits per heavy atom. The van der Waals surface area contributed by atoms with E-state index < -0.39 is 0 Å². The molecule has 0 aromatic heterocycles. The number of nitrogens with two attached hydrogens (primary N) is 1. The summed E-state index contributed by atoms with van der Waals surface area (Å²) >= 11 is 0. The predicted octanol–water partition coefficient (Wildman–Crippen LogP) is 1.08. The van der Waals surface area contributed by atoms with Gasteiger partial charge in [-0.05, 0) is 57.7 Å². The zero-order valence-corrected chi connectivity index (χ0v) is 9.82. The molecule has 0 aromatic rings. The van der Waals surface area contributed by atoms with Gasteiger partial charge in [0.15, 0.2) is 0 Å². The Balaban J connectivity index is 2.04. The fourth-order valence-electron chi connectivity index (χ4n) is 3.35. The van der Waals surface area contributed by atoms with Crippen LogP contribution in [0.4, 0.5) is 0 Å².